The fourth-order valence-electron chi connectivity index (χ4n) is 2.76. The molecular weight excluding hydrogens is 330 g/mol. The Labute approximate surface area is 151 Å². The number of nitrogens with one attached hydrogen (secondary N) is 2. The molecule has 0 saturated carbocycles. The van der Waals surface area contributed by atoms with E-state index >= 15 is 0 Å². The van der Waals surface area contributed by atoms with Crippen LogP contribution < -0.4 is 10.6 Å². The van der Waals surface area contributed by atoms with Gasteiger partial charge in [0.15, 0.2) is 5.65 Å². The molecule has 2 amide bonds. The zero-order valence-corrected chi connectivity index (χ0v) is 14.8. The quantitative estimate of drug-likeness (QED) is 0.710. The highest BCUT2D eigenvalue weighted by Gasteiger charge is 2.09. The van der Waals surface area contributed by atoms with E-state index in [1.165, 1.54) is 0 Å². The average molecular weight is 351 g/mol. The highest BCUT2D eigenvalue weighted by molar-refractivity contribution is 5.93. The molecule has 3 aromatic rings. The molecule has 2 heterocycles. The summed E-state index contributed by atoms with van der Waals surface area (Å²) in [7, 11) is 1.83. The van der Waals surface area contributed by atoms with Gasteiger partial charge in [-0.25, -0.2) is 4.98 Å². The fraction of sp³-hybridized carbons (Fsp3) is 0.263. The van der Waals surface area contributed by atoms with Gasteiger partial charge in [0.1, 0.15) is 0 Å². The van der Waals surface area contributed by atoms with Gasteiger partial charge in [0.05, 0.1) is 24.0 Å². The molecule has 0 aliphatic rings. The van der Waals surface area contributed by atoms with Crippen LogP contribution in [0.15, 0.2) is 42.6 Å². The first-order chi connectivity index (χ1) is 12.5. The Morgan fingerprint density at radius 2 is 1.92 bits per heavy atom. The molecule has 0 spiro atoms. The lowest BCUT2D eigenvalue weighted by Crippen LogP contribution is -2.28. The molecule has 0 bridgehead atoms. The Morgan fingerprint density at radius 1 is 1.15 bits per heavy atom. The molecule has 134 valence electrons. The van der Waals surface area contributed by atoms with E-state index in [2.05, 4.69) is 20.7 Å². The van der Waals surface area contributed by atoms with Crippen molar-refractivity contribution in [3.8, 4) is 0 Å². The van der Waals surface area contributed by atoms with Crippen LogP contribution in [0.2, 0.25) is 0 Å². The number of hydrogen-bond acceptors (Lipinski definition) is 4. The second kappa shape index (κ2) is 7.77. The van der Waals surface area contributed by atoms with Gasteiger partial charge < -0.3 is 10.6 Å². The summed E-state index contributed by atoms with van der Waals surface area (Å²) in [6, 6.07) is 11.4. The lowest BCUT2D eigenvalue weighted by molar-refractivity contribution is -0.120. The minimum absolute atomic E-state index is 0.0990. The van der Waals surface area contributed by atoms with E-state index < -0.39 is 0 Å². The Bertz CT molecular complexity index is 934. The van der Waals surface area contributed by atoms with Crippen LogP contribution in [0.25, 0.3) is 11.0 Å². The molecular formula is C19H21N5O2. The molecule has 0 radical (unpaired) electrons. The lowest BCUT2D eigenvalue weighted by Gasteiger charge is -2.07. The first-order valence-corrected chi connectivity index (χ1v) is 8.43. The fourth-order valence-corrected chi connectivity index (χ4v) is 2.76. The molecule has 0 aliphatic heterocycles. The van der Waals surface area contributed by atoms with Crippen LogP contribution >= 0.6 is 0 Å². The number of pyridine rings is 1. The minimum Gasteiger partial charge on any atom is -0.355 e. The van der Waals surface area contributed by atoms with E-state index in [9.17, 15) is 9.59 Å². The van der Waals surface area contributed by atoms with Crippen molar-refractivity contribution < 1.29 is 9.59 Å². The molecule has 1 aromatic carbocycles. The van der Waals surface area contributed by atoms with Gasteiger partial charge in [0.2, 0.25) is 11.8 Å². The number of carbonyl (C=O) groups is 2. The minimum atomic E-state index is -0.173. The highest BCUT2D eigenvalue weighted by Crippen LogP contribution is 2.19. The number of fused-ring (bicyclic) bond motifs is 1. The monoisotopic (exact) mass is 351 g/mol. The third kappa shape index (κ3) is 4.24. The van der Waals surface area contributed by atoms with Crippen molar-refractivity contribution in [1.82, 2.24) is 20.1 Å². The summed E-state index contributed by atoms with van der Waals surface area (Å²) >= 11 is 0. The average Bonchev–Trinajstić information content (AvgIpc) is 2.89. The number of benzene rings is 1. The molecule has 0 unspecified atom stereocenters. The van der Waals surface area contributed by atoms with Crippen molar-refractivity contribution in [1.29, 1.82) is 0 Å². The summed E-state index contributed by atoms with van der Waals surface area (Å²) in [4.78, 5) is 28.3. The van der Waals surface area contributed by atoms with E-state index in [1.807, 2.05) is 50.4 Å². The molecule has 2 aromatic heterocycles. The highest BCUT2D eigenvalue weighted by atomic mass is 16.2. The predicted molar refractivity (Wildman–Crippen MR) is 99.6 cm³/mol. The van der Waals surface area contributed by atoms with Crippen molar-refractivity contribution >= 4 is 28.5 Å². The van der Waals surface area contributed by atoms with Gasteiger partial charge in [-0.05, 0) is 18.6 Å². The van der Waals surface area contributed by atoms with Gasteiger partial charge in [0.25, 0.3) is 0 Å². The Balaban J connectivity index is 1.48. The van der Waals surface area contributed by atoms with Crippen LogP contribution in [-0.4, -0.2) is 33.1 Å². The van der Waals surface area contributed by atoms with E-state index in [4.69, 9.17) is 0 Å². The first-order valence-electron chi connectivity index (χ1n) is 8.43. The third-order valence-corrected chi connectivity index (χ3v) is 4.03. The van der Waals surface area contributed by atoms with Crippen LogP contribution in [0.1, 0.15) is 17.7 Å². The Hall–Kier alpha value is -3.22. The van der Waals surface area contributed by atoms with E-state index in [-0.39, 0.29) is 18.2 Å². The second-order valence-electron chi connectivity index (χ2n) is 6.11. The van der Waals surface area contributed by atoms with Crippen molar-refractivity contribution in [3.05, 3.63) is 53.9 Å². The summed E-state index contributed by atoms with van der Waals surface area (Å²) < 4.78 is 1.71. The largest absolute Gasteiger partial charge is 0.355 e. The Morgan fingerprint density at radius 3 is 2.69 bits per heavy atom. The maximum atomic E-state index is 12.1. The zero-order chi connectivity index (χ0) is 18.5. The van der Waals surface area contributed by atoms with Gasteiger partial charge in [-0.3, -0.25) is 14.3 Å². The Kier molecular flexibility index (Phi) is 5.26. The smallest absolute Gasteiger partial charge is 0.226 e. The molecule has 0 atom stereocenters. The van der Waals surface area contributed by atoms with Gasteiger partial charge in [0, 0.05) is 25.4 Å². The molecule has 7 nitrogen and oxygen atoms in total. The van der Waals surface area contributed by atoms with E-state index in [0.717, 1.165) is 22.3 Å². The topological polar surface area (TPSA) is 88.9 Å². The molecule has 2 N–H and O–H groups in total. The predicted octanol–water partition coefficient (Wildman–Crippen LogP) is 1.96. The molecule has 3 rings (SSSR count). The van der Waals surface area contributed by atoms with E-state index in [0.29, 0.717) is 18.7 Å². The van der Waals surface area contributed by atoms with Gasteiger partial charge in [-0.2, -0.15) is 5.10 Å². The molecule has 0 aliphatic carbocycles. The van der Waals surface area contributed by atoms with Gasteiger partial charge >= 0.3 is 0 Å². The van der Waals surface area contributed by atoms with Crippen LogP contribution in [0.3, 0.4) is 0 Å². The number of amides is 2. The van der Waals surface area contributed by atoms with Crippen molar-refractivity contribution in [3.63, 3.8) is 0 Å². The second-order valence-corrected chi connectivity index (χ2v) is 6.11. The van der Waals surface area contributed by atoms with Crippen molar-refractivity contribution in [2.75, 3.05) is 11.9 Å². The van der Waals surface area contributed by atoms with Gasteiger partial charge in [-0.1, -0.05) is 30.3 Å². The van der Waals surface area contributed by atoms with Crippen LogP contribution in [0.5, 0.6) is 0 Å². The number of nitrogens with zero attached hydrogens (tertiary/aromatic N) is 3. The molecule has 7 heteroatoms. The number of aryl methyl sites for hydroxylation is 2. The SMILES string of the molecule is Cc1nn(C)c2ncc(NC(=O)CCNC(=O)Cc3ccccc3)cc12. The van der Waals surface area contributed by atoms with E-state index in [1.54, 1.807) is 10.9 Å². The summed E-state index contributed by atoms with van der Waals surface area (Å²) in [6.07, 6.45) is 2.11. The number of hydrogen-bond donors (Lipinski definition) is 2. The maximum Gasteiger partial charge on any atom is 0.226 e. The van der Waals surface area contributed by atoms with Crippen molar-refractivity contribution in [2.45, 2.75) is 19.8 Å². The summed E-state index contributed by atoms with van der Waals surface area (Å²) in [5, 5.41) is 10.8. The summed E-state index contributed by atoms with van der Waals surface area (Å²) in [5.41, 5.74) is 3.20. The number of rotatable bonds is 6. The first kappa shape index (κ1) is 17.6. The number of aromatic nitrogens is 3. The number of carbonyl (C=O) groups excluding carboxylic acids is 2. The normalized spacial score (nSPS) is 10.7. The maximum absolute atomic E-state index is 12.1. The number of anilines is 1. The molecule has 26 heavy (non-hydrogen) atoms. The van der Waals surface area contributed by atoms with Crippen molar-refractivity contribution in [2.24, 2.45) is 7.05 Å². The molecule has 0 fully saturated rings. The van der Waals surface area contributed by atoms with Gasteiger partial charge in [-0.15, -0.1) is 0 Å². The van der Waals surface area contributed by atoms with Crippen LogP contribution in [0, 0.1) is 6.92 Å². The lowest BCUT2D eigenvalue weighted by atomic mass is 10.1. The zero-order valence-electron chi connectivity index (χ0n) is 14.8. The van der Waals surface area contributed by atoms with Crippen LogP contribution in [0.4, 0.5) is 5.69 Å². The standard InChI is InChI=1S/C19H21N5O2/c1-13-16-11-15(12-21-19(16)24(2)23-13)22-17(25)8-9-20-18(26)10-14-6-4-3-5-7-14/h3-7,11-12H,8-10H2,1-2H3,(H,20,26)(H,22,25). The third-order valence-electron chi connectivity index (χ3n) is 4.03. The van der Waals surface area contributed by atoms with Crippen LogP contribution in [-0.2, 0) is 23.1 Å². The summed E-state index contributed by atoms with van der Waals surface area (Å²) in [5.74, 6) is -0.272. The molecule has 0 saturated heterocycles. The summed E-state index contributed by atoms with van der Waals surface area (Å²) in [6.45, 7) is 2.19.